The number of hydrogen-bond acceptors (Lipinski definition) is 5. The van der Waals surface area contributed by atoms with Crippen LogP contribution in [-0.4, -0.2) is 28.8 Å². The minimum absolute atomic E-state index is 0.0897. The van der Waals surface area contributed by atoms with Gasteiger partial charge in [-0.25, -0.2) is 14.2 Å². The van der Waals surface area contributed by atoms with E-state index in [9.17, 15) is 9.18 Å². The maximum absolute atomic E-state index is 14.4. The number of aryl methyl sites for hydroxylation is 1. The molecule has 0 saturated heterocycles. The second-order valence-electron chi connectivity index (χ2n) is 6.55. The lowest BCUT2D eigenvalue weighted by molar-refractivity contribution is -0.149. The number of aliphatic carboxylic acids is 1. The van der Waals surface area contributed by atoms with Crippen molar-refractivity contribution in [3.63, 3.8) is 0 Å². The van der Waals surface area contributed by atoms with Gasteiger partial charge < -0.3 is 14.6 Å². The Bertz CT molecular complexity index is 971. The molecule has 0 amide bonds. The van der Waals surface area contributed by atoms with Crippen molar-refractivity contribution in [2.45, 2.75) is 33.0 Å². The maximum Gasteiger partial charge on any atom is 0.333 e. The number of carboxylic acids is 1. The van der Waals surface area contributed by atoms with Crippen LogP contribution in [0.5, 0.6) is 5.75 Å². The Morgan fingerprint density at radius 3 is 2.66 bits per heavy atom. The normalized spacial score (nSPS) is 12.0. The van der Waals surface area contributed by atoms with Crippen molar-refractivity contribution in [1.82, 2.24) is 4.98 Å². The number of thiazole rings is 1. The van der Waals surface area contributed by atoms with Gasteiger partial charge in [-0.2, -0.15) is 0 Å². The van der Waals surface area contributed by atoms with E-state index in [2.05, 4.69) is 4.98 Å². The summed E-state index contributed by atoms with van der Waals surface area (Å²) in [5, 5.41) is 11.9. The zero-order valence-electron chi connectivity index (χ0n) is 16.2. The van der Waals surface area contributed by atoms with Gasteiger partial charge in [0.25, 0.3) is 0 Å². The van der Waals surface area contributed by atoms with Crippen LogP contribution in [0.25, 0.3) is 10.6 Å². The zero-order chi connectivity index (χ0) is 20.8. The second kappa shape index (κ2) is 9.62. The van der Waals surface area contributed by atoms with Crippen LogP contribution >= 0.6 is 11.3 Å². The summed E-state index contributed by atoms with van der Waals surface area (Å²) in [6, 6.07) is 12.5. The number of rotatable bonds is 9. The Labute approximate surface area is 172 Å². The minimum Gasteiger partial charge on any atom is -0.484 e. The third-order valence-electron chi connectivity index (χ3n) is 4.29. The van der Waals surface area contributed by atoms with E-state index in [0.29, 0.717) is 5.56 Å². The first kappa shape index (κ1) is 21.0. The molecule has 7 heteroatoms. The molecule has 0 aliphatic rings. The molecule has 0 radical (unpaired) electrons. The number of carboxylic acid groups (broad SMARTS) is 1. The Morgan fingerprint density at radius 2 is 2.00 bits per heavy atom. The third kappa shape index (κ3) is 5.62. The van der Waals surface area contributed by atoms with Gasteiger partial charge in [0.05, 0.1) is 5.69 Å². The SMILES string of the molecule is CCOC(Cc1ccc(OCc2csc(-c3ccc(C)cc3)n2)c(F)c1)C(=O)O. The molecule has 1 unspecified atom stereocenters. The smallest absolute Gasteiger partial charge is 0.333 e. The highest BCUT2D eigenvalue weighted by atomic mass is 32.1. The van der Waals surface area contributed by atoms with Crippen LogP contribution < -0.4 is 4.74 Å². The van der Waals surface area contributed by atoms with Crippen LogP contribution in [0.4, 0.5) is 4.39 Å². The molecule has 1 atom stereocenters. The van der Waals surface area contributed by atoms with Gasteiger partial charge in [-0.3, -0.25) is 0 Å². The summed E-state index contributed by atoms with van der Waals surface area (Å²) >= 11 is 1.51. The number of carbonyl (C=O) groups is 1. The highest BCUT2D eigenvalue weighted by Crippen LogP contribution is 2.25. The lowest BCUT2D eigenvalue weighted by atomic mass is 10.1. The number of ether oxygens (including phenoxy) is 2. The average molecular weight is 415 g/mol. The Balaban J connectivity index is 1.62. The van der Waals surface area contributed by atoms with Crippen LogP contribution in [0.1, 0.15) is 23.7 Å². The van der Waals surface area contributed by atoms with E-state index in [4.69, 9.17) is 14.6 Å². The van der Waals surface area contributed by atoms with Crippen molar-refractivity contribution >= 4 is 17.3 Å². The molecule has 0 aliphatic carbocycles. The predicted octanol–water partition coefficient (Wildman–Crippen LogP) is 4.87. The third-order valence-corrected chi connectivity index (χ3v) is 5.23. The summed E-state index contributed by atoms with van der Waals surface area (Å²) < 4.78 is 25.1. The van der Waals surface area contributed by atoms with Crippen LogP contribution in [0.2, 0.25) is 0 Å². The quantitative estimate of drug-likeness (QED) is 0.540. The van der Waals surface area contributed by atoms with Crippen LogP contribution in [0.15, 0.2) is 47.8 Å². The monoisotopic (exact) mass is 415 g/mol. The fraction of sp³-hybridized carbons (Fsp3) is 0.273. The predicted molar refractivity (Wildman–Crippen MR) is 110 cm³/mol. The number of halogens is 1. The number of benzene rings is 2. The number of aromatic nitrogens is 1. The van der Waals surface area contributed by atoms with Crippen LogP contribution in [-0.2, 0) is 22.6 Å². The standard InChI is InChI=1S/C22H22FNO4S/c1-3-27-20(22(25)26)11-15-6-9-19(18(23)10-15)28-12-17-13-29-21(24-17)16-7-4-14(2)5-8-16/h4-10,13,20H,3,11-12H2,1-2H3,(H,25,26). The first-order chi connectivity index (χ1) is 14.0. The van der Waals surface area contributed by atoms with E-state index in [1.807, 2.05) is 36.6 Å². The first-order valence-electron chi connectivity index (χ1n) is 9.23. The summed E-state index contributed by atoms with van der Waals surface area (Å²) in [5.74, 6) is -1.51. The van der Waals surface area contributed by atoms with Gasteiger partial charge >= 0.3 is 5.97 Å². The van der Waals surface area contributed by atoms with Gasteiger partial charge in [-0.1, -0.05) is 35.9 Å². The molecule has 5 nitrogen and oxygen atoms in total. The van der Waals surface area contributed by atoms with Gasteiger partial charge in [0.15, 0.2) is 17.7 Å². The lowest BCUT2D eigenvalue weighted by Crippen LogP contribution is -2.26. The average Bonchev–Trinajstić information content (AvgIpc) is 3.16. The summed E-state index contributed by atoms with van der Waals surface area (Å²) in [6.45, 7) is 4.17. The van der Waals surface area contributed by atoms with Gasteiger partial charge in [0.1, 0.15) is 11.6 Å². The summed E-state index contributed by atoms with van der Waals surface area (Å²) in [6.07, 6.45) is -0.909. The molecule has 152 valence electrons. The fourth-order valence-corrected chi connectivity index (χ4v) is 3.59. The van der Waals surface area contributed by atoms with E-state index in [0.717, 1.165) is 16.3 Å². The molecule has 1 aromatic heterocycles. The Kier molecular flexibility index (Phi) is 6.95. The lowest BCUT2D eigenvalue weighted by Gasteiger charge is -2.13. The van der Waals surface area contributed by atoms with Crippen molar-refractivity contribution in [1.29, 1.82) is 0 Å². The topological polar surface area (TPSA) is 68.7 Å². The minimum atomic E-state index is -1.07. The molecule has 0 aliphatic heterocycles. The zero-order valence-corrected chi connectivity index (χ0v) is 17.0. The van der Waals surface area contributed by atoms with Crippen molar-refractivity contribution in [2.75, 3.05) is 6.61 Å². The maximum atomic E-state index is 14.4. The van der Waals surface area contributed by atoms with E-state index in [-0.39, 0.29) is 25.4 Å². The highest BCUT2D eigenvalue weighted by Gasteiger charge is 2.19. The largest absolute Gasteiger partial charge is 0.484 e. The molecule has 0 fully saturated rings. The van der Waals surface area contributed by atoms with Crippen molar-refractivity contribution in [3.05, 3.63) is 70.5 Å². The van der Waals surface area contributed by atoms with E-state index in [1.165, 1.54) is 29.0 Å². The molecule has 29 heavy (non-hydrogen) atoms. The van der Waals surface area contributed by atoms with Gasteiger partial charge in [-0.05, 0) is 31.5 Å². The van der Waals surface area contributed by atoms with Gasteiger partial charge in [0.2, 0.25) is 0 Å². The highest BCUT2D eigenvalue weighted by molar-refractivity contribution is 7.13. The van der Waals surface area contributed by atoms with Crippen LogP contribution in [0.3, 0.4) is 0 Å². The molecule has 0 saturated carbocycles. The van der Waals surface area contributed by atoms with Crippen molar-refractivity contribution in [3.8, 4) is 16.3 Å². The van der Waals surface area contributed by atoms with Crippen molar-refractivity contribution in [2.24, 2.45) is 0 Å². The molecule has 1 N–H and O–H groups in total. The van der Waals surface area contributed by atoms with Gasteiger partial charge in [-0.15, -0.1) is 11.3 Å². The molecule has 2 aromatic carbocycles. The molecule has 1 heterocycles. The molecule has 0 spiro atoms. The Hall–Kier alpha value is -2.77. The number of hydrogen-bond donors (Lipinski definition) is 1. The van der Waals surface area contributed by atoms with Crippen molar-refractivity contribution < 1.29 is 23.8 Å². The Morgan fingerprint density at radius 1 is 1.24 bits per heavy atom. The van der Waals surface area contributed by atoms with Gasteiger partial charge in [0, 0.05) is 24.0 Å². The van der Waals surface area contributed by atoms with E-state index in [1.54, 1.807) is 13.0 Å². The second-order valence-corrected chi connectivity index (χ2v) is 7.41. The van der Waals surface area contributed by atoms with E-state index >= 15 is 0 Å². The fourth-order valence-electron chi connectivity index (χ4n) is 2.77. The molecule has 3 aromatic rings. The van der Waals surface area contributed by atoms with E-state index < -0.39 is 17.9 Å². The van der Waals surface area contributed by atoms with Crippen LogP contribution in [0, 0.1) is 12.7 Å². The molecule has 3 rings (SSSR count). The molecular formula is C22H22FNO4S. The molecule has 0 bridgehead atoms. The summed E-state index contributed by atoms with van der Waals surface area (Å²) in [7, 11) is 0. The summed E-state index contributed by atoms with van der Waals surface area (Å²) in [5.41, 5.74) is 3.47. The number of nitrogens with zero attached hydrogens (tertiary/aromatic N) is 1. The first-order valence-corrected chi connectivity index (χ1v) is 10.1. The molecular weight excluding hydrogens is 393 g/mol. The summed E-state index contributed by atoms with van der Waals surface area (Å²) in [4.78, 5) is 15.7.